The van der Waals surface area contributed by atoms with Crippen molar-refractivity contribution in [1.82, 2.24) is 20.4 Å². The molecule has 0 aliphatic carbocycles. The first-order chi connectivity index (χ1) is 12.7. The van der Waals surface area contributed by atoms with E-state index in [-0.39, 0.29) is 11.9 Å². The molecule has 1 aliphatic rings. The molecule has 2 heterocycles. The summed E-state index contributed by atoms with van der Waals surface area (Å²) in [7, 11) is 0. The van der Waals surface area contributed by atoms with Crippen LogP contribution in [0.5, 0.6) is 0 Å². The van der Waals surface area contributed by atoms with E-state index in [0.29, 0.717) is 5.69 Å². The predicted molar refractivity (Wildman–Crippen MR) is 104 cm³/mol. The molecule has 1 amide bonds. The number of carbonyl (C=O) groups is 1. The molecule has 0 radical (unpaired) electrons. The molecule has 140 valence electrons. The topological polar surface area (TPSA) is 61.0 Å². The zero-order valence-electron chi connectivity index (χ0n) is 15.9. The van der Waals surface area contributed by atoms with Crippen molar-refractivity contribution in [3.05, 3.63) is 52.8 Å². The van der Waals surface area contributed by atoms with E-state index in [2.05, 4.69) is 58.5 Å². The van der Waals surface area contributed by atoms with Gasteiger partial charge in [-0.1, -0.05) is 50.6 Å². The number of hydrogen-bond donors (Lipinski definition) is 2. The molecule has 2 aromatic rings. The Bertz CT molecular complexity index is 710. The van der Waals surface area contributed by atoms with Crippen LogP contribution in [0.1, 0.15) is 60.4 Å². The number of aromatic amines is 1. The number of fused-ring (bicyclic) bond motifs is 1. The van der Waals surface area contributed by atoms with Crippen LogP contribution in [0.2, 0.25) is 0 Å². The molecular weight excluding hydrogens is 324 g/mol. The van der Waals surface area contributed by atoms with Gasteiger partial charge in [0.25, 0.3) is 5.91 Å². The highest BCUT2D eigenvalue weighted by Crippen LogP contribution is 2.21. The lowest BCUT2D eigenvalue weighted by atomic mass is 9.99. The van der Waals surface area contributed by atoms with Crippen molar-refractivity contribution in [2.75, 3.05) is 13.1 Å². The molecule has 0 saturated heterocycles. The van der Waals surface area contributed by atoms with Crippen LogP contribution in [-0.4, -0.2) is 40.1 Å². The lowest BCUT2D eigenvalue weighted by molar-refractivity contribution is 0.0659. The Balaban J connectivity index is 1.85. The molecule has 1 aromatic carbocycles. The first-order valence-corrected chi connectivity index (χ1v) is 9.86. The molecule has 3 rings (SSSR count). The van der Waals surface area contributed by atoms with E-state index in [1.54, 1.807) is 0 Å². The van der Waals surface area contributed by atoms with E-state index in [1.807, 2.05) is 6.07 Å². The van der Waals surface area contributed by atoms with Gasteiger partial charge in [-0.2, -0.15) is 5.10 Å². The summed E-state index contributed by atoms with van der Waals surface area (Å²) < 4.78 is 0. The fourth-order valence-electron chi connectivity index (χ4n) is 3.82. The molecule has 26 heavy (non-hydrogen) atoms. The quantitative estimate of drug-likeness (QED) is 0.764. The average molecular weight is 354 g/mol. The third-order valence-electron chi connectivity index (χ3n) is 5.11. The van der Waals surface area contributed by atoms with Crippen molar-refractivity contribution in [2.45, 2.75) is 58.5 Å². The Morgan fingerprint density at radius 2 is 2.04 bits per heavy atom. The Morgan fingerprint density at radius 1 is 1.23 bits per heavy atom. The van der Waals surface area contributed by atoms with E-state index in [1.165, 1.54) is 5.56 Å². The Morgan fingerprint density at radius 3 is 2.77 bits per heavy atom. The number of hydrogen-bond acceptors (Lipinski definition) is 3. The van der Waals surface area contributed by atoms with Crippen LogP contribution in [0, 0.1) is 0 Å². The second kappa shape index (κ2) is 8.99. The van der Waals surface area contributed by atoms with Crippen molar-refractivity contribution in [1.29, 1.82) is 0 Å². The van der Waals surface area contributed by atoms with E-state index in [4.69, 9.17) is 0 Å². The number of rotatable bonds is 8. The Kier molecular flexibility index (Phi) is 6.45. The third-order valence-corrected chi connectivity index (χ3v) is 5.11. The SMILES string of the molecule is CCCC(Cc1ccccc1)N(CCC)C(=O)c1n[nH]c2c1CNCC2. The summed E-state index contributed by atoms with van der Waals surface area (Å²) in [6, 6.07) is 10.7. The van der Waals surface area contributed by atoms with E-state index in [9.17, 15) is 4.79 Å². The Hall–Kier alpha value is -2.14. The molecule has 1 atom stereocenters. The predicted octanol–water partition coefficient (Wildman–Crippen LogP) is 3.32. The van der Waals surface area contributed by atoms with Crippen LogP contribution >= 0.6 is 0 Å². The standard InChI is InChI=1S/C21H30N4O/c1-3-8-17(14-16-9-6-5-7-10-16)25(13-4-2)21(26)20-18-15-22-12-11-19(18)23-24-20/h5-7,9-10,17,22H,3-4,8,11-15H2,1-2H3,(H,23,24). The van der Waals surface area contributed by atoms with Gasteiger partial charge in [0.05, 0.1) is 0 Å². The molecule has 0 bridgehead atoms. The third kappa shape index (κ3) is 4.15. The average Bonchev–Trinajstić information content (AvgIpc) is 3.10. The maximum absolute atomic E-state index is 13.4. The normalized spacial score (nSPS) is 14.7. The van der Waals surface area contributed by atoms with Crippen molar-refractivity contribution in [3.8, 4) is 0 Å². The number of aromatic nitrogens is 2. The van der Waals surface area contributed by atoms with Crippen LogP contribution in [0.15, 0.2) is 30.3 Å². The summed E-state index contributed by atoms with van der Waals surface area (Å²) in [6.07, 6.45) is 4.82. The van der Waals surface area contributed by atoms with Gasteiger partial charge in [0, 0.05) is 43.4 Å². The van der Waals surface area contributed by atoms with Crippen LogP contribution in [0.25, 0.3) is 0 Å². The van der Waals surface area contributed by atoms with Gasteiger partial charge in [-0.25, -0.2) is 0 Å². The van der Waals surface area contributed by atoms with Gasteiger partial charge in [-0.05, 0) is 24.8 Å². The van der Waals surface area contributed by atoms with Crippen molar-refractivity contribution >= 4 is 5.91 Å². The summed E-state index contributed by atoms with van der Waals surface area (Å²) in [5.41, 5.74) is 4.05. The van der Waals surface area contributed by atoms with Crippen LogP contribution < -0.4 is 5.32 Å². The summed E-state index contributed by atoms with van der Waals surface area (Å²) in [6.45, 7) is 6.75. The fourth-order valence-corrected chi connectivity index (χ4v) is 3.82. The molecule has 2 N–H and O–H groups in total. The smallest absolute Gasteiger partial charge is 0.274 e. The second-order valence-corrected chi connectivity index (χ2v) is 7.09. The molecule has 5 heteroatoms. The van der Waals surface area contributed by atoms with Gasteiger partial charge in [-0.3, -0.25) is 9.89 Å². The van der Waals surface area contributed by atoms with Crippen molar-refractivity contribution in [3.63, 3.8) is 0 Å². The number of nitrogens with zero attached hydrogens (tertiary/aromatic N) is 2. The highest BCUT2D eigenvalue weighted by atomic mass is 16.2. The van der Waals surface area contributed by atoms with Crippen LogP contribution in [0.4, 0.5) is 0 Å². The number of carbonyl (C=O) groups excluding carboxylic acids is 1. The lowest BCUT2D eigenvalue weighted by Gasteiger charge is -2.32. The Labute approximate surface area is 156 Å². The maximum atomic E-state index is 13.4. The largest absolute Gasteiger partial charge is 0.334 e. The second-order valence-electron chi connectivity index (χ2n) is 7.09. The van der Waals surface area contributed by atoms with E-state index < -0.39 is 0 Å². The van der Waals surface area contributed by atoms with Crippen LogP contribution in [0.3, 0.4) is 0 Å². The van der Waals surface area contributed by atoms with Crippen LogP contribution in [-0.2, 0) is 19.4 Å². The molecule has 1 aliphatic heterocycles. The zero-order valence-corrected chi connectivity index (χ0v) is 15.9. The summed E-state index contributed by atoms with van der Waals surface area (Å²) >= 11 is 0. The molecule has 1 aromatic heterocycles. The zero-order chi connectivity index (χ0) is 18.4. The number of H-pyrrole nitrogens is 1. The van der Waals surface area contributed by atoms with Gasteiger partial charge in [-0.15, -0.1) is 0 Å². The van der Waals surface area contributed by atoms with E-state index >= 15 is 0 Å². The number of nitrogens with one attached hydrogen (secondary N) is 2. The molecule has 0 spiro atoms. The first kappa shape index (κ1) is 18.6. The van der Waals surface area contributed by atoms with Crippen molar-refractivity contribution < 1.29 is 4.79 Å². The minimum atomic E-state index is 0.0717. The number of benzene rings is 1. The maximum Gasteiger partial charge on any atom is 0.274 e. The van der Waals surface area contributed by atoms with Crippen molar-refractivity contribution in [2.24, 2.45) is 0 Å². The molecule has 0 fully saturated rings. The summed E-state index contributed by atoms with van der Waals surface area (Å²) in [4.78, 5) is 15.4. The minimum absolute atomic E-state index is 0.0717. The van der Waals surface area contributed by atoms with E-state index in [0.717, 1.165) is 63.0 Å². The van der Waals surface area contributed by atoms with Gasteiger partial charge < -0.3 is 10.2 Å². The molecule has 1 unspecified atom stereocenters. The fraction of sp³-hybridized carbons (Fsp3) is 0.524. The molecule has 5 nitrogen and oxygen atoms in total. The van der Waals surface area contributed by atoms with Gasteiger partial charge in [0.15, 0.2) is 5.69 Å². The monoisotopic (exact) mass is 354 g/mol. The lowest BCUT2D eigenvalue weighted by Crippen LogP contribution is -2.43. The first-order valence-electron chi connectivity index (χ1n) is 9.86. The number of amides is 1. The summed E-state index contributed by atoms with van der Waals surface area (Å²) in [5, 5.41) is 10.8. The molecular formula is C21H30N4O. The molecule has 0 saturated carbocycles. The highest BCUT2D eigenvalue weighted by Gasteiger charge is 2.29. The van der Waals surface area contributed by atoms with Gasteiger partial charge >= 0.3 is 0 Å². The highest BCUT2D eigenvalue weighted by molar-refractivity contribution is 5.94. The summed E-state index contributed by atoms with van der Waals surface area (Å²) in [5.74, 6) is 0.0717. The minimum Gasteiger partial charge on any atom is -0.334 e. The van der Waals surface area contributed by atoms with Gasteiger partial charge in [0.1, 0.15) is 0 Å². The van der Waals surface area contributed by atoms with Gasteiger partial charge in [0.2, 0.25) is 0 Å².